The molecule has 0 aliphatic carbocycles. The fourth-order valence-electron chi connectivity index (χ4n) is 5.76. The zero-order valence-corrected chi connectivity index (χ0v) is 25.9. The van der Waals surface area contributed by atoms with Gasteiger partial charge in [-0.2, -0.15) is 5.26 Å². The van der Waals surface area contributed by atoms with Crippen LogP contribution in [0.15, 0.2) is 64.3 Å². The first-order valence-electron chi connectivity index (χ1n) is 15.3. The first-order chi connectivity index (χ1) is 21.6. The Morgan fingerprint density at radius 3 is 2.36 bits per heavy atom. The van der Waals surface area contributed by atoms with Gasteiger partial charge in [-0.05, 0) is 75.4 Å². The fourth-order valence-corrected chi connectivity index (χ4v) is 5.76. The summed E-state index contributed by atoms with van der Waals surface area (Å²) >= 11 is 0. The summed E-state index contributed by atoms with van der Waals surface area (Å²) in [7, 11) is 3.28. The van der Waals surface area contributed by atoms with Crippen molar-refractivity contribution >= 4 is 40.2 Å². The average molecular weight is 611 g/mol. The van der Waals surface area contributed by atoms with E-state index in [9.17, 15) is 24.4 Å². The Labute approximate surface area is 262 Å². The number of carbonyl (C=O) groups is 4. The fraction of sp³-hybridized carbons (Fsp3) is 0.382. The quantitative estimate of drug-likeness (QED) is 0.210. The largest absolute Gasteiger partial charge is 0.461 e. The normalized spacial score (nSPS) is 17.4. The van der Waals surface area contributed by atoms with Crippen molar-refractivity contribution < 1.29 is 23.6 Å². The molecule has 2 aromatic carbocycles. The SMILES string of the molecule is Cc1cc2cc(NC(N[C@H]3CCCCN(CC(=O)N4CCCC4)C3=O)=C(C#N)C(=O)c3ccc(C(=O)N(C)C)cc3)ccc2o1. The van der Waals surface area contributed by atoms with E-state index >= 15 is 0 Å². The minimum Gasteiger partial charge on any atom is -0.461 e. The van der Waals surface area contributed by atoms with Crippen LogP contribution in [-0.2, 0) is 9.59 Å². The van der Waals surface area contributed by atoms with Crippen LogP contribution in [0.3, 0.4) is 0 Å². The number of anilines is 1. The number of allylic oxidation sites excluding steroid dienone is 1. The van der Waals surface area contributed by atoms with Crippen molar-refractivity contribution in [2.45, 2.75) is 45.1 Å². The molecule has 2 fully saturated rings. The van der Waals surface area contributed by atoms with Crippen molar-refractivity contribution in [3.8, 4) is 6.07 Å². The number of nitriles is 1. The molecular formula is C34H38N6O5. The zero-order chi connectivity index (χ0) is 32.1. The third-order valence-electron chi connectivity index (χ3n) is 8.18. The van der Waals surface area contributed by atoms with Gasteiger partial charge in [-0.1, -0.05) is 12.1 Å². The summed E-state index contributed by atoms with van der Waals surface area (Å²) in [6.07, 6.45) is 3.86. The molecule has 0 spiro atoms. The van der Waals surface area contributed by atoms with Gasteiger partial charge in [0, 0.05) is 55.9 Å². The second kappa shape index (κ2) is 13.7. The standard InChI is InChI=1S/C34H38N6O5/c1-22-18-25-19-26(13-14-29(25)45-22)36-32(27(20-35)31(42)23-9-11-24(12-10-23)33(43)38(2)3)37-28-8-4-5-17-40(34(28)44)21-30(41)39-15-6-7-16-39/h9-14,18-19,28,36-37H,4-8,15-17,21H2,1-3H3/t28-/m0/s1. The molecule has 1 aromatic heterocycles. The van der Waals surface area contributed by atoms with Gasteiger partial charge in [0.2, 0.25) is 17.6 Å². The number of furan rings is 1. The number of amides is 3. The molecule has 0 unspecified atom stereocenters. The van der Waals surface area contributed by atoms with E-state index in [4.69, 9.17) is 4.42 Å². The van der Waals surface area contributed by atoms with Crippen LogP contribution in [0.4, 0.5) is 5.69 Å². The highest BCUT2D eigenvalue weighted by Crippen LogP contribution is 2.25. The van der Waals surface area contributed by atoms with Gasteiger partial charge in [0.05, 0.1) is 6.54 Å². The van der Waals surface area contributed by atoms with E-state index in [2.05, 4.69) is 10.6 Å². The number of likely N-dealkylation sites (tertiary alicyclic amines) is 2. The summed E-state index contributed by atoms with van der Waals surface area (Å²) in [6.45, 7) is 3.72. The maximum absolute atomic E-state index is 13.8. The maximum atomic E-state index is 13.8. The van der Waals surface area contributed by atoms with Crippen LogP contribution in [-0.4, -0.2) is 84.5 Å². The number of ketones is 1. The Morgan fingerprint density at radius 1 is 0.978 bits per heavy atom. The molecule has 2 aliphatic heterocycles. The number of hydrogen-bond donors (Lipinski definition) is 2. The van der Waals surface area contributed by atoms with Gasteiger partial charge < -0.3 is 29.8 Å². The maximum Gasteiger partial charge on any atom is 0.253 e. The number of nitrogens with one attached hydrogen (secondary N) is 2. The van der Waals surface area contributed by atoms with E-state index in [1.165, 1.54) is 17.0 Å². The van der Waals surface area contributed by atoms with Gasteiger partial charge in [-0.3, -0.25) is 19.2 Å². The molecule has 2 saturated heterocycles. The monoisotopic (exact) mass is 610 g/mol. The molecule has 11 nitrogen and oxygen atoms in total. The van der Waals surface area contributed by atoms with E-state index in [0.29, 0.717) is 42.9 Å². The second-order valence-corrected chi connectivity index (χ2v) is 11.7. The molecule has 3 heterocycles. The van der Waals surface area contributed by atoms with Crippen LogP contribution >= 0.6 is 0 Å². The van der Waals surface area contributed by atoms with Crippen LogP contribution < -0.4 is 10.6 Å². The lowest BCUT2D eigenvalue weighted by Crippen LogP contribution is -2.49. The predicted molar refractivity (Wildman–Crippen MR) is 169 cm³/mol. The minimum absolute atomic E-state index is 0.00204. The van der Waals surface area contributed by atoms with Crippen LogP contribution in [0.2, 0.25) is 0 Å². The molecule has 0 saturated carbocycles. The summed E-state index contributed by atoms with van der Waals surface area (Å²) in [5.41, 5.74) is 1.68. The molecule has 45 heavy (non-hydrogen) atoms. The highest BCUT2D eigenvalue weighted by atomic mass is 16.3. The van der Waals surface area contributed by atoms with Crippen molar-refractivity contribution in [1.82, 2.24) is 20.0 Å². The third kappa shape index (κ3) is 7.17. The number of rotatable bonds is 9. The Kier molecular flexibility index (Phi) is 9.52. The number of fused-ring (bicyclic) bond motifs is 1. The smallest absolute Gasteiger partial charge is 0.253 e. The van der Waals surface area contributed by atoms with Crippen molar-refractivity contribution in [2.24, 2.45) is 0 Å². The topological polar surface area (TPSA) is 139 Å². The molecule has 11 heteroatoms. The number of Topliss-reactive ketones (excluding diaryl/α,β-unsaturated/α-hetero) is 1. The van der Waals surface area contributed by atoms with E-state index in [-0.39, 0.29) is 41.2 Å². The second-order valence-electron chi connectivity index (χ2n) is 11.7. The van der Waals surface area contributed by atoms with E-state index in [1.807, 2.05) is 25.1 Å². The van der Waals surface area contributed by atoms with Crippen molar-refractivity contribution in [2.75, 3.05) is 45.6 Å². The average Bonchev–Trinajstić information content (AvgIpc) is 3.67. The van der Waals surface area contributed by atoms with Crippen LogP contribution in [0.1, 0.15) is 58.6 Å². The Hall–Kier alpha value is -5.11. The Bertz CT molecular complexity index is 1680. The van der Waals surface area contributed by atoms with Gasteiger partial charge in [-0.15, -0.1) is 0 Å². The third-order valence-corrected chi connectivity index (χ3v) is 8.18. The molecule has 2 aliphatic rings. The molecular weight excluding hydrogens is 572 g/mol. The Balaban J connectivity index is 1.47. The number of aryl methyl sites for hydroxylation is 1. The lowest BCUT2D eigenvalue weighted by atomic mass is 10.0. The molecule has 2 N–H and O–H groups in total. The van der Waals surface area contributed by atoms with Crippen LogP contribution in [0.5, 0.6) is 0 Å². The molecule has 234 valence electrons. The lowest BCUT2D eigenvalue weighted by Gasteiger charge is -2.28. The van der Waals surface area contributed by atoms with Gasteiger partial charge in [-0.25, -0.2) is 0 Å². The van der Waals surface area contributed by atoms with E-state index < -0.39 is 11.8 Å². The van der Waals surface area contributed by atoms with E-state index in [0.717, 1.165) is 36.8 Å². The Morgan fingerprint density at radius 2 is 1.67 bits per heavy atom. The zero-order valence-electron chi connectivity index (χ0n) is 25.9. The summed E-state index contributed by atoms with van der Waals surface area (Å²) in [6, 6.07) is 14.7. The van der Waals surface area contributed by atoms with E-state index in [1.54, 1.807) is 48.2 Å². The van der Waals surface area contributed by atoms with Crippen molar-refractivity contribution in [3.63, 3.8) is 0 Å². The molecule has 3 amide bonds. The minimum atomic E-state index is -0.766. The van der Waals surface area contributed by atoms with Crippen LogP contribution in [0.25, 0.3) is 11.0 Å². The lowest BCUT2D eigenvalue weighted by molar-refractivity contribution is -0.140. The molecule has 0 bridgehead atoms. The number of hydrogen-bond acceptors (Lipinski definition) is 8. The first kappa shape index (κ1) is 31.3. The summed E-state index contributed by atoms with van der Waals surface area (Å²) in [5.74, 6) is -0.272. The summed E-state index contributed by atoms with van der Waals surface area (Å²) in [5, 5.41) is 17.5. The summed E-state index contributed by atoms with van der Waals surface area (Å²) in [4.78, 5) is 57.7. The molecule has 0 radical (unpaired) electrons. The van der Waals surface area contributed by atoms with Gasteiger partial charge in [0.25, 0.3) is 5.91 Å². The first-order valence-corrected chi connectivity index (χ1v) is 15.3. The summed E-state index contributed by atoms with van der Waals surface area (Å²) < 4.78 is 5.69. The van der Waals surface area contributed by atoms with Gasteiger partial charge in [0.15, 0.2) is 0 Å². The van der Waals surface area contributed by atoms with Gasteiger partial charge >= 0.3 is 0 Å². The van der Waals surface area contributed by atoms with Crippen molar-refractivity contribution in [1.29, 1.82) is 5.26 Å². The molecule has 3 aromatic rings. The number of nitrogens with zero attached hydrogens (tertiary/aromatic N) is 4. The predicted octanol–water partition coefficient (Wildman–Crippen LogP) is 4.07. The van der Waals surface area contributed by atoms with Crippen molar-refractivity contribution in [3.05, 3.63) is 76.8 Å². The molecule has 5 rings (SSSR count). The number of carbonyl (C=O) groups excluding carboxylic acids is 4. The number of benzene rings is 2. The highest BCUT2D eigenvalue weighted by molar-refractivity contribution is 6.12. The van der Waals surface area contributed by atoms with Crippen LogP contribution in [0, 0.1) is 18.3 Å². The molecule has 1 atom stereocenters. The highest BCUT2D eigenvalue weighted by Gasteiger charge is 2.32. The van der Waals surface area contributed by atoms with Gasteiger partial charge in [0.1, 0.15) is 34.8 Å².